The van der Waals surface area contributed by atoms with E-state index in [1.165, 1.54) is 0 Å². The largest absolute Gasteiger partial charge is 0.373 e. The molecule has 114 valence electrons. The Morgan fingerprint density at radius 3 is 2.52 bits per heavy atom. The maximum Gasteiger partial charge on any atom is 0.136 e. The predicted molar refractivity (Wildman–Crippen MR) is 91.7 cm³/mol. The van der Waals surface area contributed by atoms with Crippen molar-refractivity contribution in [1.82, 2.24) is 19.5 Å². The molecular formula is C18H16N4O. The van der Waals surface area contributed by atoms with Gasteiger partial charge in [0.1, 0.15) is 17.9 Å². The maximum atomic E-state index is 10.1. The summed E-state index contributed by atoms with van der Waals surface area (Å²) in [6.45, 7) is 1.73. The third kappa shape index (κ3) is 2.41. The van der Waals surface area contributed by atoms with Gasteiger partial charge < -0.3 is 10.1 Å². The summed E-state index contributed by atoms with van der Waals surface area (Å²) in [6, 6.07) is 15.7. The van der Waals surface area contributed by atoms with E-state index in [9.17, 15) is 5.11 Å². The third-order valence-electron chi connectivity index (χ3n) is 3.79. The van der Waals surface area contributed by atoms with Gasteiger partial charge in [0.25, 0.3) is 0 Å². The first kappa shape index (κ1) is 13.7. The van der Waals surface area contributed by atoms with Crippen LogP contribution in [-0.2, 0) is 0 Å². The molecule has 2 aromatic heterocycles. The van der Waals surface area contributed by atoms with E-state index in [0.29, 0.717) is 5.82 Å². The Morgan fingerprint density at radius 2 is 1.74 bits per heavy atom. The van der Waals surface area contributed by atoms with Crippen molar-refractivity contribution in [3.63, 3.8) is 0 Å². The van der Waals surface area contributed by atoms with Crippen LogP contribution in [0.25, 0.3) is 34.2 Å². The van der Waals surface area contributed by atoms with Crippen LogP contribution in [-0.4, -0.2) is 24.6 Å². The lowest BCUT2D eigenvalue weighted by atomic mass is 10.3. The molecule has 0 aliphatic rings. The lowest BCUT2D eigenvalue weighted by molar-refractivity contribution is 0.128. The Bertz CT molecular complexity index is 977. The van der Waals surface area contributed by atoms with Gasteiger partial charge in [0, 0.05) is 0 Å². The minimum absolute atomic E-state index is 0.655. The summed E-state index contributed by atoms with van der Waals surface area (Å²) >= 11 is 0. The summed E-state index contributed by atoms with van der Waals surface area (Å²) < 4.78 is 1.80. The standard InChI is InChI=1S/C18H16N4O/c1-12(23)22-16-9-5-4-8-15(16)21-18(22)11-10-17-19-13-6-2-3-7-14(13)20-17/h2-12,23H,1H3,(H,19,20)/b11-10+. The van der Waals surface area contributed by atoms with Gasteiger partial charge >= 0.3 is 0 Å². The summed E-state index contributed by atoms with van der Waals surface area (Å²) in [5, 5.41) is 10.1. The Hall–Kier alpha value is -2.92. The van der Waals surface area contributed by atoms with Crippen molar-refractivity contribution in [3.05, 3.63) is 60.2 Å². The van der Waals surface area contributed by atoms with Crippen LogP contribution in [0.4, 0.5) is 0 Å². The smallest absolute Gasteiger partial charge is 0.136 e. The molecule has 23 heavy (non-hydrogen) atoms. The number of aliphatic hydroxyl groups excluding tert-OH is 1. The molecule has 0 saturated carbocycles. The van der Waals surface area contributed by atoms with Crippen LogP contribution in [0.15, 0.2) is 48.5 Å². The van der Waals surface area contributed by atoms with Crippen LogP contribution in [0.1, 0.15) is 24.8 Å². The summed E-state index contributed by atoms with van der Waals surface area (Å²) in [5.41, 5.74) is 3.69. The molecule has 4 rings (SSSR count). The van der Waals surface area contributed by atoms with Gasteiger partial charge in [0.15, 0.2) is 0 Å². The van der Waals surface area contributed by atoms with Crippen molar-refractivity contribution in [2.45, 2.75) is 13.2 Å². The first-order valence-corrected chi connectivity index (χ1v) is 7.50. The maximum absolute atomic E-state index is 10.1. The van der Waals surface area contributed by atoms with E-state index in [1.54, 1.807) is 11.5 Å². The molecule has 2 heterocycles. The average Bonchev–Trinajstić information content (AvgIpc) is 3.13. The second-order valence-corrected chi connectivity index (χ2v) is 5.43. The zero-order valence-electron chi connectivity index (χ0n) is 12.6. The van der Waals surface area contributed by atoms with Crippen LogP contribution in [0.2, 0.25) is 0 Å². The molecule has 0 fully saturated rings. The molecule has 1 unspecified atom stereocenters. The number of hydrogen-bond acceptors (Lipinski definition) is 3. The van der Waals surface area contributed by atoms with Crippen molar-refractivity contribution in [1.29, 1.82) is 0 Å². The number of nitrogens with one attached hydrogen (secondary N) is 1. The number of aliphatic hydroxyl groups is 1. The predicted octanol–water partition coefficient (Wildman–Crippen LogP) is 3.59. The first-order valence-electron chi connectivity index (χ1n) is 7.50. The zero-order valence-corrected chi connectivity index (χ0v) is 12.6. The molecule has 0 saturated heterocycles. The number of fused-ring (bicyclic) bond motifs is 2. The zero-order chi connectivity index (χ0) is 15.8. The molecule has 0 bridgehead atoms. The molecule has 0 radical (unpaired) electrons. The summed E-state index contributed by atoms with van der Waals surface area (Å²) in [4.78, 5) is 12.3. The summed E-state index contributed by atoms with van der Waals surface area (Å²) in [6.07, 6.45) is 3.09. The highest BCUT2D eigenvalue weighted by atomic mass is 16.3. The minimum Gasteiger partial charge on any atom is -0.373 e. The molecule has 1 atom stereocenters. The van der Waals surface area contributed by atoms with E-state index in [-0.39, 0.29) is 0 Å². The van der Waals surface area contributed by atoms with Crippen LogP contribution >= 0.6 is 0 Å². The van der Waals surface area contributed by atoms with Gasteiger partial charge in [-0.25, -0.2) is 9.97 Å². The van der Waals surface area contributed by atoms with Gasteiger partial charge in [0.05, 0.1) is 22.1 Å². The Labute approximate surface area is 132 Å². The third-order valence-corrected chi connectivity index (χ3v) is 3.79. The molecule has 2 N–H and O–H groups in total. The van der Waals surface area contributed by atoms with Crippen LogP contribution < -0.4 is 0 Å². The topological polar surface area (TPSA) is 66.7 Å². The lowest BCUT2D eigenvalue weighted by Crippen LogP contribution is -2.05. The molecule has 5 nitrogen and oxygen atoms in total. The molecule has 4 aromatic rings. The second kappa shape index (κ2) is 5.37. The molecular weight excluding hydrogens is 288 g/mol. The molecule has 5 heteroatoms. The number of rotatable bonds is 3. The van der Waals surface area contributed by atoms with Gasteiger partial charge in [-0.1, -0.05) is 24.3 Å². The number of para-hydroxylation sites is 4. The molecule has 0 spiro atoms. The number of aromatic amines is 1. The van der Waals surface area contributed by atoms with Gasteiger partial charge in [-0.2, -0.15) is 0 Å². The van der Waals surface area contributed by atoms with E-state index >= 15 is 0 Å². The SMILES string of the molecule is CC(O)n1c(/C=C/c2nc3ccccc3[nH]2)nc2ccccc21. The van der Waals surface area contributed by atoms with Gasteiger partial charge in [-0.05, 0) is 43.3 Å². The highest BCUT2D eigenvalue weighted by molar-refractivity contribution is 5.81. The fourth-order valence-electron chi connectivity index (χ4n) is 2.78. The van der Waals surface area contributed by atoms with Gasteiger partial charge in [-0.3, -0.25) is 4.57 Å². The number of benzene rings is 2. The molecule has 2 aromatic carbocycles. The Kier molecular flexibility index (Phi) is 3.20. The van der Waals surface area contributed by atoms with E-state index in [2.05, 4.69) is 15.0 Å². The van der Waals surface area contributed by atoms with Crippen molar-refractivity contribution in [2.75, 3.05) is 0 Å². The Morgan fingerprint density at radius 1 is 1.00 bits per heavy atom. The highest BCUT2D eigenvalue weighted by Crippen LogP contribution is 2.21. The van der Waals surface area contributed by atoms with Crippen LogP contribution in [0.3, 0.4) is 0 Å². The minimum atomic E-state index is -0.655. The van der Waals surface area contributed by atoms with E-state index in [0.717, 1.165) is 27.9 Å². The number of imidazole rings is 2. The fraction of sp³-hybridized carbons (Fsp3) is 0.111. The molecule has 0 aliphatic heterocycles. The average molecular weight is 304 g/mol. The monoisotopic (exact) mass is 304 g/mol. The van der Waals surface area contributed by atoms with Crippen LogP contribution in [0.5, 0.6) is 0 Å². The quantitative estimate of drug-likeness (QED) is 0.608. The second-order valence-electron chi connectivity index (χ2n) is 5.43. The van der Waals surface area contributed by atoms with E-state index in [1.807, 2.05) is 60.7 Å². The highest BCUT2D eigenvalue weighted by Gasteiger charge is 2.11. The summed E-state index contributed by atoms with van der Waals surface area (Å²) in [7, 11) is 0. The molecule has 0 amide bonds. The number of hydrogen-bond donors (Lipinski definition) is 2. The normalized spacial score (nSPS) is 13.3. The number of aromatic nitrogens is 4. The lowest BCUT2D eigenvalue weighted by Gasteiger charge is -2.09. The van der Waals surface area contributed by atoms with Crippen LogP contribution in [0, 0.1) is 0 Å². The Balaban J connectivity index is 1.78. The molecule has 0 aliphatic carbocycles. The first-order chi connectivity index (χ1) is 11.2. The number of nitrogens with zero attached hydrogens (tertiary/aromatic N) is 3. The fourth-order valence-corrected chi connectivity index (χ4v) is 2.78. The van der Waals surface area contributed by atoms with Crippen molar-refractivity contribution < 1.29 is 5.11 Å². The van der Waals surface area contributed by atoms with Crippen molar-refractivity contribution in [3.8, 4) is 0 Å². The van der Waals surface area contributed by atoms with E-state index in [4.69, 9.17) is 0 Å². The number of H-pyrrole nitrogens is 1. The van der Waals surface area contributed by atoms with Gasteiger partial charge in [0.2, 0.25) is 0 Å². The van der Waals surface area contributed by atoms with Gasteiger partial charge in [-0.15, -0.1) is 0 Å². The van der Waals surface area contributed by atoms with E-state index < -0.39 is 6.23 Å². The summed E-state index contributed by atoms with van der Waals surface area (Å²) in [5.74, 6) is 1.46. The van der Waals surface area contributed by atoms with Crippen molar-refractivity contribution >= 4 is 34.2 Å². The van der Waals surface area contributed by atoms with Crippen molar-refractivity contribution in [2.24, 2.45) is 0 Å².